The summed E-state index contributed by atoms with van der Waals surface area (Å²) in [6, 6.07) is 12.9. The van der Waals surface area contributed by atoms with E-state index in [4.69, 9.17) is 23.2 Å². The van der Waals surface area contributed by atoms with Crippen LogP contribution in [0.1, 0.15) is 20.9 Å². The normalized spacial score (nSPS) is 10.6. The number of carbonyl (C=O) groups excluding carboxylic acids is 1. The van der Waals surface area contributed by atoms with Crippen molar-refractivity contribution in [3.63, 3.8) is 0 Å². The number of thiazole rings is 1. The molecule has 0 aliphatic heterocycles. The van der Waals surface area contributed by atoms with Crippen LogP contribution in [-0.2, 0) is 0 Å². The molecule has 0 bridgehead atoms. The summed E-state index contributed by atoms with van der Waals surface area (Å²) in [5.41, 5.74) is 3.22. The van der Waals surface area contributed by atoms with Crippen LogP contribution < -0.4 is 10.6 Å². The van der Waals surface area contributed by atoms with Crippen molar-refractivity contribution in [1.29, 1.82) is 0 Å². The highest BCUT2D eigenvalue weighted by atomic mass is 35.5. The van der Waals surface area contributed by atoms with Gasteiger partial charge in [0.1, 0.15) is 4.88 Å². The molecule has 0 atom stereocenters. The topological polar surface area (TPSA) is 54.0 Å². The average molecular weight is 392 g/mol. The Morgan fingerprint density at radius 2 is 1.84 bits per heavy atom. The number of hydrogen-bond donors (Lipinski definition) is 2. The van der Waals surface area contributed by atoms with Gasteiger partial charge in [-0.05, 0) is 43.7 Å². The van der Waals surface area contributed by atoms with Gasteiger partial charge in [-0.3, -0.25) is 4.79 Å². The Hall–Kier alpha value is -2.08. The van der Waals surface area contributed by atoms with E-state index in [2.05, 4.69) is 15.6 Å². The predicted octanol–water partition coefficient (Wildman–Crippen LogP) is 6.06. The Morgan fingerprint density at radius 3 is 2.56 bits per heavy atom. The van der Waals surface area contributed by atoms with E-state index in [0.29, 0.717) is 25.7 Å². The summed E-state index contributed by atoms with van der Waals surface area (Å²) < 4.78 is 0. The second-order valence-electron chi connectivity index (χ2n) is 5.46. The van der Waals surface area contributed by atoms with E-state index >= 15 is 0 Å². The van der Waals surface area contributed by atoms with Gasteiger partial charge in [0.25, 0.3) is 5.91 Å². The minimum absolute atomic E-state index is 0.175. The number of hydrogen-bond acceptors (Lipinski definition) is 4. The Kier molecular flexibility index (Phi) is 5.27. The van der Waals surface area contributed by atoms with Crippen molar-refractivity contribution in [2.24, 2.45) is 0 Å². The number of anilines is 3. The Morgan fingerprint density at radius 1 is 1.08 bits per heavy atom. The Bertz CT molecular complexity index is 940. The minimum Gasteiger partial charge on any atom is -0.331 e. The van der Waals surface area contributed by atoms with Gasteiger partial charge >= 0.3 is 0 Å². The van der Waals surface area contributed by atoms with Gasteiger partial charge in [0.15, 0.2) is 5.13 Å². The third-order valence-corrected chi connectivity index (χ3v) is 5.38. The van der Waals surface area contributed by atoms with Crippen molar-refractivity contribution in [3.05, 3.63) is 68.6 Å². The van der Waals surface area contributed by atoms with Crippen LogP contribution in [0.25, 0.3) is 0 Å². The second-order valence-corrected chi connectivity index (χ2v) is 7.27. The van der Waals surface area contributed by atoms with Gasteiger partial charge in [0.05, 0.1) is 15.7 Å². The summed E-state index contributed by atoms with van der Waals surface area (Å²) in [7, 11) is 0. The maximum absolute atomic E-state index is 12.5. The molecule has 2 aromatic carbocycles. The van der Waals surface area contributed by atoms with Gasteiger partial charge < -0.3 is 10.6 Å². The summed E-state index contributed by atoms with van der Waals surface area (Å²) in [5, 5.41) is 7.63. The molecule has 0 aliphatic carbocycles. The van der Waals surface area contributed by atoms with Gasteiger partial charge in [-0.1, -0.05) is 52.7 Å². The lowest BCUT2D eigenvalue weighted by Crippen LogP contribution is -2.12. The van der Waals surface area contributed by atoms with E-state index in [0.717, 1.165) is 16.9 Å². The highest BCUT2D eigenvalue weighted by molar-refractivity contribution is 7.17. The van der Waals surface area contributed by atoms with Crippen LogP contribution in [0.4, 0.5) is 16.5 Å². The number of carbonyl (C=O) groups is 1. The number of aromatic nitrogens is 1. The molecule has 0 aliphatic rings. The van der Waals surface area contributed by atoms with Gasteiger partial charge in [0, 0.05) is 11.4 Å². The van der Waals surface area contributed by atoms with E-state index in [9.17, 15) is 4.79 Å². The highest BCUT2D eigenvalue weighted by Crippen LogP contribution is 2.30. The number of para-hydroxylation sites is 1. The lowest BCUT2D eigenvalue weighted by atomic mass is 10.2. The van der Waals surface area contributed by atoms with Crippen molar-refractivity contribution >= 4 is 57.0 Å². The maximum Gasteiger partial charge on any atom is 0.267 e. The van der Waals surface area contributed by atoms with E-state index < -0.39 is 0 Å². The summed E-state index contributed by atoms with van der Waals surface area (Å²) in [6.07, 6.45) is 0. The summed E-state index contributed by atoms with van der Waals surface area (Å²) >= 11 is 13.2. The van der Waals surface area contributed by atoms with Crippen LogP contribution >= 0.6 is 34.5 Å². The number of nitrogens with zero attached hydrogens (tertiary/aromatic N) is 1. The Labute approximate surface area is 159 Å². The van der Waals surface area contributed by atoms with E-state index in [1.165, 1.54) is 11.3 Å². The van der Waals surface area contributed by atoms with Crippen LogP contribution in [0.2, 0.25) is 10.0 Å². The molecule has 0 radical (unpaired) electrons. The predicted molar refractivity (Wildman–Crippen MR) is 106 cm³/mol. The molecule has 4 nitrogen and oxygen atoms in total. The SMILES string of the molecule is Cc1ccccc1NC(=O)c1sc(Nc2ccc(Cl)c(Cl)c2)nc1C. The fourth-order valence-corrected chi connectivity index (χ4v) is 3.43. The van der Waals surface area contributed by atoms with E-state index in [1.807, 2.05) is 38.1 Å². The number of nitrogens with one attached hydrogen (secondary N) is 2. The number of benzene rings is 2. The monoisotopic (exact) mass is 391 g/mol. The second kappa shape index (κ2) is 7.44. The van der Waals surface area contributed by atoms with Crippen molar-refractivity contribution in [2.75, 3.05) is 10.6 Å². The zero-order valence-electron chi connectivity index (χ0n) is 13.6. The lowest BCUT2D eigenvalue weighted by Gasteiger charge is -2.06. The van der Waals surface area contributed by atoms with Crippen LogP contribution in [0.5, 0.6) is 0 Å². The fourth-order valence-electron chi connectivity index (χ4n) is 2.25. The van der Waals surface area contributed by atoms with Crippen LogP contribution in [0, 0.1) is 13.8 Å². The molecule has 128 valence electrons. The van der Waals surface area contributed by atoms with Crippen LogP contribution in [0.15, 0.2) is 42.5 Å². The molecular formula is C18H15Cl2N3OS. The molecule has 0 fully saturated rings. The zero-order chi connectivity index (χ0) is 18.0. The summed E-state index contributed by atoms with van der Waals surface area (Å²) in [6.45, 7) is 3.76. The summed E-state index contributed by atoms with van der Waals surface area (Å²) in [4.78, 5) is 17.5. The van der Waals surface area contributed by atoms with Gasteiger partial charge in [-0.25, -0.2) is 4.98 Å². The van der Waals surface area contributed by atoms with Gasteiger partial charge in [-0.2, -0.15) is 0 Å². The quantitative estimate of drug-likeness (QED) is 0.567. The smallest absolute Gasteiger partial charge is 0.267 e. The lowest BCUT2D eigenvalue weighted by molar-refractivity contribution is 0.102. The number of aryl methyl sites for hydroxylation is 2. The zero-order valence-corrected chi connectivity index (χ0v) is 15.9. The number of halogens is 2. The molecule has 25 heavy (non-hydrogen) atoms. The first-order valence-electron chi connectivity index (χ1n) is 7.50. The third kappa shape index (κ3) is 4.12. The molecule has 2 N–H and O–H groups in total. The summed E-state index contributed by atoms with van der Waals surface area (Å²) in [5.74, 6) is -0.175. The van der Waals surface area contributed by atoms with Crippen LogP contribution in [-0.4, -0.2) is 10.9 Å². The standard InChI is InChI=1S/C18H15Cl2N3OS/c1-10-5-3-4-6-15(10)23-17(24)16-11(2)21-18(25-16)22-12-7-8-13(19)14(20)9-12/h3-9H,1-2H3,(H,21,22)(H,23,24). The van der Waals surface area contributed by atoms with Crippen LogP contribution in [0.3, 0.4) is 0 Å². The number of rotatable bonds is 4. The van der Waals surface area contributed by atoms with Crippen molar-refractivity contribution in [3.8, 4) is 0 Å². The molecule has 0 spiro atoms. The van der Waals surface area contributed by atoms with Crippen molar-refractivity contribution in [2.45, 2.75) is 13.8 Å². The molecule has 0 saturated heterocycles. The largest absolute Gasteiger partial charge is 0.331 e. The molecule has 3 aromatic rings. The first-order chi connectivity index (χ1) is 11.9. The Balaban J connectivity index is 1.78. The molecular weight excluding hydrogens is 377 g/mol. The van der Waals surface area contributed by atoms with E-state index in [-0.39, 0.29) is 5.91 Å². The molecule has 0 unspecified atom stereocenters. The minimum atomic E-state index is -0.175. The van der Waals surface area contributed by atoms with Gasteiger partial charge in [-0.15, -0.1) is 0 Å². The average Bonchev–Trinajstić information content (AvgIpc) is 2.93. The van der Waals surface area contributed by atoms with Gasteiger partial charge in [0.2, 0.25) is 0 Å². The molecule has 0 saturated carbocycles. The number of amides is 1. The van der Waals surface area contributed by atoms with E-state index in [1.54, 1.807) is 18.2 Å². The molecule has 1 amide bonds. The first-order valence-corrected chi connectivity index (χ1v) is 9.08. The molecule has 1 aromatic heterocycles. The van der Waals surface area contributed by atoms with Crippen molar-refractivity contribution in [1.82, 2.24) is 4.98 Å². The maximum atomic E-state index is 12.5. The highest BCUT2D eigenvalue weighted by Gasteiger charge is 2.16. The fraction of sp³-hybridized carbons (Fsp3) is 0.111. The first kappa shape index (κ1) is 17.7. The van der Waals surface area contributed by atoms with Crippen molar-refractivity contribution < 1.29 is 4.79 Å². The molecule has 1 heterocycles. The third-order valence-electron chi connectivity index (χ3n) is 3.57. The molecule has 3 rings (SSSR count). The molecule has 7 heteroatoms.